The lowest BCUT2D eigenvalue weighted by atomic mass is 10.2. The minimum Gasteiger partial charge on any atom is -0.452 e. The number of benzene rings is 2. The van der Waals surface area contributed by atoms with Gasteiger partial charge in [-0.3, -0.25) is 9.59 Å². The average Bonchev–Trinajstić information content (AvgIpc) is 2.89. The normalized spacial score (nSPS) is 13.7. The van der Waals surface area contributed by atoms with Crippen LogP contribution < -0.4 is 0 Å². The molecule has 0 aliphatic carbocycles. The molecule has 0 aromatic heterocycles. The van der Waals surface area contributed by atoms with Gasteiger partial charge in [-0.05, 0) is 47.5 Å². The molecule has 0 saturated carbocycles. The number of hydrogen-bond acceptors (Lipinski definition) is 6. The topological polar surface area (TPSA) is 93.2 Å². The van der Waals surface area contributed by atoms with Crippen molar-refractivity contribution in [3.8, 4) is 0 Å². The van der Waals surface area contributed by atoms with Gasteiger partial charge in [0.05, 0.1) is 0 Å². The summed E-state index contributed by atoms with van der Waals surface area (Å²) in [4.78, 5) is 51.2. The molecule has 1 aliphatic rings. The summed E-state index contributed by atoms with van der Waals surface area (Å²) in [6.07, 6.45) is 5.19. The van der Waals surface area contributed by atoms with Crippen LogP contribution in [0.1, 0.15) is 11.1 Å². The Hall–Kier alpha value is -4.34. The van der Waals surface area contributed by atoms with E-state index in [4.69, 9.17) is 9.47 Å². The lowest BCUT2D eigenvalue weighted by Crippen LogP contribution is -2.52. The molecule has 0 N–H and O–H groups in total. The Bertz CT molecular complexity index is 1050. The molecular formula is C26H24F2N2O6. The molecule has 188 valence electrons. The number of carbonyl (C=O) groups is 4. The van der Waals surface area contributed by atoms with Gasteiger partial charge in [-0.1, -0.05) is 24.3 Å². The van der Waals surface area contributed by atoms with Crippen molar-refractivity contribution in [3.63, 3.8) is 0 Å². The minimum atomic E-state index is -0.711. The molecule has 0 spiro atoms. The molecule has 10 heteroatoms. The van der Waals surface area contributed by atoms with E-state index >= 15 is 0 Å². The highest BCUT2D eigenvalue weighted by Crippen LogP contribution is 2.07. The molecule has 3 rings (SSSR count). The third-order valence-corrected chi connectivity index (χ3v) is 5.22. The lowest BCUT2D eigenvalue weighted by Gasteiger charge is -2.34. The molecule has 2 aromatic carbocycles. The second-order valence-corrected chi connectivity index (χ2v) is 7.75. The van der Waals surface area contributed by atoms with E-state index in [1.807, 2.05) is 0 Å². The third-order valence-electron chi connectivity index (χ3n) is 5.22. The van der Waals surface area contributed by atoms with Gasteiger partial charge in [-0.25, -0.2) is 18.4 Å². The van der Waals surface area contributed by atoms with Gasteiger partial charge in [0.1, 0.15) is 11.6 Å². The van der Waals surface area contributed by atoms with Crippen LogP contribution in [0.15, 0.2) is 60.7 Å². The predicted molar refractivity (Wildman–Crippen MR) is 126 cm³/mol. The molecule has 1 fully saturated rings. The SMILES string of the molecule is O=C(/C=C/c1ccc(F)cc1)OCC(=O)N1CCN(C(=O)COC(=O)/C=C/c2ccc(F)cc2)CC1. The highest BCUT2D eigenvalue weighted by Gasteiger charge is 2.25. The van der Waals surface area contributed by atoms with Gasteiger partial charge >= 0.3 is 11.9 Å². The third kappa shape index (κ3) is 8.46. The van der Waals surface area contributed by atoms with Crippen molar-refractivity contribution < 1.29 is 37.4 Å². The van der Waals surface area contributed by atoms with Crippen molar-refractivity contribution in [2.24, 2.45) is 0 Å². The summed E-state index contributed by atoms with van der Waals surface area (Å²) in [5.74, 6) is -3.00. The van der Waals surface area contributed by atoms with Crippen LogP contribution in [0.25, 0.3) is 12.2 Å². The fraction of sp³-hybridized carbons (Fsp3) is 0.231. The molecule has 0 atom stereocenters. The molecule has 36 heavy (non-hydrogen) atoms. The van der Waals surface area contributed by atoms with E-state index in [9.17, 15) is 28.0 Å². The van der Waals surface area contributed by atoms with Crippen molar-refractivity contribution >= 4 is 35.9 Å². The average molecular weight is 498 g/mol. The molecule has 2 aromatic rings. The first-order valence-corrected chi connectivity index (χ1v) is 11.1. The highest BCUT2D eigenvalue weighted by molar-refractivity contribution is 5.90. The predicted octanol–water partition coefficient (Wildman–Crippen LogP) is 2.45. The number of rotatable bonds is 8. The molecular weight excluding hydrogens is 474 g/mol. The van der Waals surface area contributed by atoms with E-state index in [0.29, 0.717) is 11.1 Å². The van der Waals surface area contributed by atoms with Crippen LogP contribution in [0.4, 0.5) is 8.78 Å². The smallest absolute Gasteiger partial charge is 0.331 e. The van der Waals surface area contributed by atoms with Crippen LogP contribution in [-0.2, 0) is 28.7 Å². The summed E-state index contributed by atoms with van der Waals surface area (Å²) in [6.45, 7) is 0.0763. The van der Waals surface area contributed by atoms with Gasteiger partial charge < -0.3 is 19.3 Å². The zero-order valence-electron chi connectivity index (χ0n) is 19.3. The number of esters is 2. The van der Waals surface area contributed by atoms with E-state index < -0.39 is 37.0 Å². The van der Waals surface area contributed by atoms with Gasteiger partial charge in [0.25, 0.3) is 11.8 Å². The second kappa shape index (κ2) is 12.9. The summed E-state index contributed by atoms with van der Waals surface area (Å²) in [5, 5.41) is 0. The van der Waals surface area contributed by atoms with Crippen molar-refractivity contribution in [3.05, 3.63) is 83.4 Å². The first-order valence-electron chi connectivity index (χ1n) is 11.1. The number of hydrogen-bond donors (Lipinski definition) is 0. The molecule has 0 bridgehead atoms. The second-order valence-electron chi connectivity index (χ2n) is 7.75. The lowest BCUT2D eigenvalue weighted by molar-refractivity contribution is -0.152. The molecule has 0 radical (unpaired) electrons. The number of nitrogens with zero attached hydrogens (tertiary/aromatic N) is 2. The van der Waals surface area contributed by atoms with Gasteiger partial charge in [-0.2, -0.15) is 0 Å². The molecule has 1 saturated heterocycles. The summed E-state index contributed by atoms with van der Waals surface area (Å²) in [5.41, 5.74) is 1.21. The molecule has 8 nitrogen and oxygen atoms in total. The largest absolute Gasteiger partial charge is 0.452 e. The van der Waals surface area contributed by atoms with Crippen LogP contribution in [0, 0.1) is 11.6 Å². The van der Waals surface area contributed by atoms with Crippen molar-refractivity contribution in [2.45, 2.75) is 0 Å². The van der Waals surface area contributed by atoms with Gasteiger partial charge in [-0.15, -0.1) is 0 Å². The Morgan fingerprint density at radius 1 is 0.639 bits per heavy atom. The van der Waals surface area contributed by atoms with E-state index in [1.165, 1.54) is 70.5 Å². The number of ether oxygens (including phenoxy) is 2. The molecule has 1 heterocycles. The Morgan fingerprint density at radius 2 is 0.972 bits per heavy atom. The summed E-state index contributed by atoms with van der Waals surface area (Å²) in [6, 6.07) is 11.0. The van der Waals surface area contributed by atoms with Gasteiger partial charge in [0, 0.05) is 38.3 Å². The quantitative estimate of drug-likeness (QED) is 0.410. The summed E-state index contributed by atoms with van der Waals surface area (Å²) >= 11 is 0. The maximum Gasteiger partial charge on any atom is 0.331 e. The van der Waals surface area contributed by atoms with Crippen molar-refractivity contribution in [1.29, 1.82) is 0 Å². The van der Waals surface area contributed by atoms with Crippen LogP contribution in [0.2, 0.25) is 0 Å². The van der Waals surface area contributed by atoms with Crippen LogP contribution in [-0.4, -0.2) is 72.9 Å². The Balaban J connectivity index is 1.34. The fourth-order valence-corrected chi connectivity index (χ4v) is 3.23. The van der Waals surface area contributed by atoms with Crippen molar-refractivity contribution in [2.75, 3.05) is 39.4 Å². The first-order chi connectivity index (χ1) is 17.3. The van der Waals surface area contributed by atoms with Crippen LogP contribution in [0.5, 0.6) is 0 Å². The summed E-state index contributed by atoms with van der Waals surface area (Å²) < 4.78 is 35.7. The van der Waals surface area contributed by atoms with Crippen LogP contribution >= 0.6 is 0 Å². The maximum absolute atomic E-state index is 12.9. The van der Waals surface area contributed by atoms with Gasteiger partial charge in [0.2, 0.25) is 0 Å². The number of amides is 2. The van der Waals surface area contributed by atoms with E-state index in [2.05, 4.69) is 0 Å². The van der Waals surface area contributed by atoms with E-state index in [0.717, 1.165) is 12.2 Å². The monoisotopic (exact) mass is 498 g/mol. The maximum atomic E-state index is 12.9. The Kier molecular flexibility index (Phi) is 9.44. The Morgan fingerprint density at radius 3 is 1.31 bits per heavy atom. The molecule has 0 unspecified atom stereocenters. The first kappa shape index (κ1) is 26.3. The molecule has 2 amide bonds. The zero-order valence-corrected chi connectivity index (χ0v) is 19.3. The van der Waals surface area contributed by atoms with Crippen LogP contribution in [0.3, 0.4) is 0 Å². The number of halogens is 2. The zero-order chi connectivity index (χ0) is 25.9. The summed E-state index contributed by atoms with van der Waals surface area (Å²) in [7, 11) is 0. The molecule has 1 aliphatic heterocycles. The van der Waals surface area contributed by atoms with E-state index in [-0.39, 0.29) is 37.8 Å². The number of carbonyl (C=O) groups excluding carboxylic acids is 4. The minimum absolute atomic E-state index is 0.242. The van der Waals surface area contributed by atoms with E-state index in [1.54, 1.807) is 0 Å². The van der Waals surface area contributed by atoms with Gasteiger partial charge in [0.15, 0.2) is 13.2 Å². The number of piperazine rings is 1. The highest BCUT2D eigenvalue weighted by atomic mass is 19.1. The fourth-order valence-electron chi connectivity index (χ4n) is 3.23. The Labute approximate surface area is 206 Å². The van der Waals surface area contributed by atoms with Crippen molar-refractivity contribution in [1.82, 2.24) is 9.80 Å². The standard InChI is InChI=1S/C26H24F2N2O6/c27-21-7-1-19(2-8-21)5-11-25(33)35-17-23(31)29-13-15-30(16-14-29)24(32)18-36-26(34)12-6-20-3-9-22(28)10-4-20/h1-12H,13-18H2/b11-5+,12-6+.